The zero-order valence-corrected chi connectivity index (χ0v) is 10.8. The van der Waals surface area contributed by atoms with E-state index >= 15 is 0 Å². The first-order valence-corrected chi connectivity index (χ1v) is 6.06. The molecule has 0 saturated carbocycles. The monoisotopic (exact) mass is 285 g/mol. The molecule has 5 heteroatoms. The molecule has 0 aliphatic carbocycles. The van der Waals surface area contributed by atoms with Crippen LogP contribution >= 0.6 is 23.2 Å². The molecule has 0 radical (unpaired) electrons. The largest absolute Gasteiger partial charge is 0.386 e. The van der Waals surface area contributed by atoms with Crippen LogP contribution in [0.5, 0.6) is 0 Å². The van der Waals surface area contributed by atoms with E-state index in [9.17, 15) is 9.50 Å². The van der Waals surface area contributed by atoms with E-state index in [1.54, 1.807) is 18.2 Å². The van der Waals surface area contributed by atoms with Gasteiger partial charge in [0.15, 0.2) is 0 Å². The molecule has 18 heavy (non-hydrogen) atoms. The van der Waals surface area contributed by atoms with Gasteiger partial charge in [-0.3, -0.25) is 4.98 Å². The van der Waals surface area contributed by atoms with Crippen LogP contribution < -0.4 is 0 Å². The fraction of sp³-hybridized carbons (Fsp3) is 0.154. The zero-order chi connectivity index (χ0) is 13.1. The molecule has 1 unspecified atom stereocenters. The average molecular weight is 286 g/mol. The standard InChI is InChI=1S/C13H10Cl2FNO/c14-9-6-10(15)13(17-7-9)12(18)5-8-3-1-2-4-11(8)16/h1-4,6-7,12,18H,5H2. The van der Waals surface area contributed by atoms with Gasteiger partial charge < -0.3 is 5.11 Å². The van der Waals surface area contributed by atoms with Gasteiger partial charge in [-0.1, -0.05) is 41.4 Å². The molecule has 0 amide bonds. The number of aromatic nitrogens is 1. The van der Waals surface area contributed by atoms with E-state index in [4.69, 9.17) is 23.2 Å². The molecule has 0 aliphatic rings. The van der Waals surface area contributed by atoms with E-state index in [-0.39, 0.29) is 17.3 Å². The van der Waals surface area contributed by atoms with E-state index in [1.807, 2.05) is 0 Å². The molecule has 2 rings (SSSR count). The predicted octanol–water partition coefficient (Wildman–Crippen LogP) is 3.80. The Balaban J connectivity index is 2.22. The molecule has 1 aromatic carbocycles. The summed E-state index contributed by atoms with van der Waals surface area (Å²) < 4.78 is 13.4. The van der Waals surface area contributed by atoms with Crippen molar-refractivity contribution in [1.82, 2.24) is 4.98 Å². The minimum absolute atomic E-state index is 0.112. The van der Waals surface area contributed by atoms with Crippen molar-refractivity contribution in [2.75, 3.05) is 0 Å². The highest BCUT2D eigenvalue weighted by atomic mass is 35.5. The third-order valence-corrected chi connectivity index (χ3v) is 3.03. The van der Waals surface area contributed by atoms with Crippen LogP contribution in [0.15, 0.2) is 36.5 Å². The number of hydrogen-bond acceptors (Lipinski definition) is 2. The van der Waals surface area contributed by atoms with Crippen LogP contribution in [0.3, 0.4) is 0 Å². The Hall–Kier alpha value is -1.16. The maximum Gasteiger partial charge on any atom is 0.126 e. The molecule has 1 atom stereocenters. The van der Waals surface area contributed by atoms with E-state index in [0.717, 1.165) is 0 Å². The fourth-order valence-corrected chi connectivity index (χ4v) is 2.15. The number of halogens is 3. The highest BCUT2D eigenvalue weighted by molar-refractivity contribution is 6.34. The van der Waals surface area contributed by atoms with Gasteiger partial charge in [-0.2, -0.15) is 0 Å². The second kappa shape index (κ2) is 5.65. The lowest BCUT2D eigenvalue weighted by Gasteiger charge is -2.12. The van der Waals surface area contributed by atoms with Gasteiger partial charge in [0.1, 0.15) is 11.9 Å². The highest BCUT2D eigenvalue weighted by Gasteiger charge is 2.16. The van der Waals surface area contributed by atoms with Gasteiger partial charge >= 0.3 is 0 Å². The summed E-state index contributed by atoms with van der Waals surface area (Å²) in [7, 11) is 0. The van der Waals surface area contributed by atoms with Crippen molar-refractivity contribution in [3.8, 4) is 0 Å². The first kappa shape index (κ1) is 13.3. The van der Waals surface area contributed by atoms with Crippen LogP contribution in [-0.2, 0) is 6.42 Å². The molecular weight excluding hydrogens is 276 g/mol. The van der Waals surface area contributed by atoms with Crippen molar-refractivity contribution in [2.24, 2.45) is 0 Å². The molecule has 2 aromatic rings. The first-order valence-electron chi connectivity index (χ1n) is 5.30. The van der Waals surface area contributed by atoms with E-state index in [1.165, 1.54) is 18.3 Å². The maximum atomic E-state index is 13.4. The highest BCUT2D eigenvalue weighted by Crippen LogP contribution is 2.26. The Morgan fingerprint density at radius 3 is 2.67 bits per heavy atom. The van der Waals surface area contributed by atoms with E-state index < -0.39 is 6.10 Å². The Morgan fingerprint density at radius 2 is 2.00 bits per heavy atom. The van der Waals surface area contributed by atoms with Gasteiger partial charge in [0.05, 0.1) is 15.7 Å². The molecule has 1 aromatic heterocycles. The normalized spacial score (nSPS) is 12.4. The van der Waals surface area contributed by atoms with Crippen molar-refractivity contribution in [2.45, 2.75) is 12.5 Å². The lowest BCUT2D eigenvalue weighted by molar-refractivity contribution is 0.172. The molecule has 1 N–H and O–H groups in total. The number of hydrogen-bond donors (Lipinski definition) is 1. The topological polar surface area (TPSA) is 33.1 Å². The molecule has 1 heterocycles. The smallest absolute Gasteiger partial charge is 0.126 e. The Labute approximate surface area is 114 Å². The van der Waals surface area contributed by atoms with E-state index in [0.29, 0.717) is 16.3 Å². The van der Waals surface area contributed by atoms with E-state index in [2.05, 4.69) is 4.98 Å². The summed E-state index contributed by atoms with van der Waals surface area (Å²) in [6.45, 7) is 0. The fourth-order valence-electron chi connectivity index (χ4n) is 1.64. The van der Waals surface area contributed by atoms with Crippen molar-refractivity contribution in [3.63, 3.8) is 0 Å². The Kier molecular flexibility index (Phi) is 4.17. The molecule has 0 fully saturated rings. The van der Waals surface area contributed by atoms with Crippen LogP contribution in [-0.4, -0.2) is 10.1 Å². The van der Waals surface area contributed by atoms with Crippen LogP contribution in [0.4, 0.5) is 4.39 Å². The van der Waals surface area contributed by atoms with Gasteiger partial charge in [-0.05, 0) is 17.7 Å². The SMILES string of the molecule is OC(Cc1ccccc1F)c1ncc(Cl)cc1Cl. The number of nitrogens with zero attached hydrogens (tertiary/aromatic N) is 1. The number of rotatable bonds is 3. The zero-order valence-electron chi connectivity index (χ0n) is 9.28. The first-order chi connectivity index (χ1) is 8.58. The van der Waals surface area contributed by atoms with Crippen molar-refractivity contribution >= 4 is 23.2 Å². The van der Waals surface area contributed by atoms with Gasteiger partial charge in [-0.15, -0.1) is 0 Å². The van der Waals surface area contributed by atoms with Crippen LogP contribution in [0.1, 0.15) is 17.4 Å². The second-order valence-electron chi connectivity index (χ2n) is 3.83. The number of aliphatic hydroxyl groups excluding tert-OH is 1. The molecule has 2 nitrogen and oxygen atoms in total. The second-order valence-corrected chi connectivity index (χ2v) is 4.68. The van der Waals surface area contributed by atoms with Crippen LogP contribution in [0.25, 0.3) is 0 Å². The van der Waals surface area contributed by atoms with Crippen molar-refractivity contribution < 1.29 is 9.50 Å². The lowest BCUT2D eigenvalue weighted by atomic mass is 10.0. The predicted molar refractivity (Wildman–Crippen MR) is 69.3 cm³/mol. The summed E-state index contributed by atoms with van der Waals surface area (Å²) in [4.78, 5) is 3.97. The number of pyridine rings is 1. The van der Waals surface area contributed by atoms with Gasteiger partial charge in [0, 0.05) is 12.6 Å². The molecule has 94 valence electrons. The maximum absolute atomic E-state index is 13.4. The minimum Gasteiger partial charge on any atom is -0.386 e. The van der Waals surface area contributed by atoms with Gasteiger partial charge in [0.25, 0.3) is 0 Å². The summed E-state index contributed by atoms with van der Waals surface area (Å²) in [5.74, 6) is -0.360. The lowest BCUT2D eigenvalue weighted by Crippen LogP contribution is -2.06. The number of benzene rings is 1. The third-order valence-electron chi connectivity index (χ3n) is 2.52. The molecule has 0 spiro atoms. The third kappa shape index (κ3) is 2.99. The van der Waals surface area contributed by atoms with Gasteiger partial charge in [-0.25, -0.2) is 4.39 Å². The summed E-state index contributed by atoms with van der Waals surface area (Å²) >= 11 is 11.6. The quantitative estimate of drug-likeness (QED) is 0.930. The molecular formula is C13H10Cl2FNO. The Bertz CT molecular complexity index is 562. The average Bonchev–Trinajstić information content (AvgIpc) is 2.32. The summed E-state index contributed by atoms with van der Waals surface area (Å²) in [6, 6.07) is 7.76. The van der Waals surface area contributed by atoms with Crippen molar-refractivity contribution in [1.29, 1.82) is 0 Å². The van der Waals surface area contributed by atoms with Gasteiger partial charge in [0.2, 0.25) is 0 Å². The number of aliphatic hydroxyl groups is 1. The Morgan fingerprint density at radius 1 is 1.28 bits per heavy atom. The van der Waals surface area contributed by atoms with Crippen LogP contribution in [0, 0.1) is 5.82 Å². The molecule has 0 saturated heterocycles. The summed E-state index contributed by atoms with van der Waals surface area (Å²) in [6.07, 6.45) is 0.542. The minimum atomic E-state index is -0.966. The van der Waals surface area contributed by atoms with Crippen molar-refractivity contribution in [3.05, 3.63) is 63.6 Å². The molecule has 0 aliphatic heterocycles. The van der Waals surface area contributed by atoms with Crippen LogP contribution in [0.2, 0.25) is 10.0 Å². The molecule has 0 bridgehead atoms. The summed E-state index contributed by atoms with van der Waals surface area (Å²) in [5, 5.41) is 10.7. The summed E-state index contributed by atoms with van der Waals surface area (Å²) in [5.41, 5.74) is 0.710.